The number of hydrogen-bond donors (Lipinski definition) is 1. The lowest BCUT2D eigenvalue weighted by Crippen LogP contribution is -2.42. The molecule has 1 heterocycles. The lowest BCUT2D eigenvalue weighted by molar-refractivity contribution is 0.0538. The summed E-state index contributed by atoms with van der Waals surface area (Å²) in [5.74, 6) is -0.00782. The second-order valence-electron chi connectivity index (χ2n) is 5.44. The fourth-order valence-electron chi connectivity index (χ4n) is 3.22. The van der Waals surface area contributed by atoms with Crippen molar-refractivity contribution in [1.29, 1.82) is 0 Å². The van der Waals surface area contributed by atoms with Gasteiger partial charge < -0.3 is 10.0 Å². The Labute approximate surface area is 113 Å². The Morgan fingerprint density at radius 3 is 2.53 bits per heavy atom. The highest BCUT2D eigenvalue weighted by Gasteiger charge is 2.38. The molecule has 1 amide bonds. The van der Waals surface area contributed by atoms with Crippen molar-refractivity contribution < 1.29 is 9.90 Å². The second kappa shape index (κ2) is 4.82. The number of aliphatic hydroxyl groups excluding tert-OH is 1. The Hall–Kier alpha value is -1.61. The first-order chi connectivity index (χ1) is 9.20. The Kier molecular flexibility index (Phi) is 3.15. The van der Waals surface area contributed by atoms with Crippen LogP contribution in [0.4, 0.5) is 0 Å². The van der Waals surface area contributed by atoms with Gasteiger partial charge in [-0.15, -0.1) is 0 Å². The fourth-order valence-corrected chi connectivity index (χ4v) is 3.22. The lowest BCUT2D eigenvalue weighted by Gasteiger charge is -2.31. The predicted molar refractivity (Wildman–Crippen MR) is 74.5 cm³/mol. The first-order valence-corrected chi connectivity index (χ1v) is 7.00. The van der Waals surface area contributed by atoms with E-state index in [9.17, 15) is 9.90 Å². The summed E-state index contributed by atoms with van der Waals surface area (Å²) in [6.07, 6.45) is 4.44. The first kappa shape index (κ1) is 12.4. The molecule has 0 aromatic heterocycles. The molecule has 2 aliphatic rings. The zero-order chi connectivity index (χ0) is 13.4. The third-order valence-corrected chi connectivity index (χ3v) is 4.25. The molecule has 3 nitrogen and oxygen atoms in total. The van der Waals surface area contributed by atoms with Crippen molar-refractivity contribution in [2.45, 2.75) is 44.2 Å². The summed E-state index contributed by atoms with van der Waals surface area (Å²) < 4.78 is 0. The minimum atomic E-state index is -0.433. The summed E-state index contributed by atoms with van der Waals surface area (Å²) in [6.45, 7) is 4.06. The summed E-state index contributed by atoms with van der Waals surface area (Å²) in [4.78, 5) is 14.2. The van der Waals surface area contributed by atoms with E-state index in [1.807, 2.05) is 24.3 Å². The molecule has 1 aromatic rings. The van der Waals surface area contributed by atoms with E-state index < -0.39 is 6.10 Å². The first-order valence-electron chi connectivity index (χ1n) is 7.00. The average molecular weight is 257 g/mol. The monoisotopic (exact) mass is 257 g/mol. The van der Waals surface area contributed by atoms with E-state index in [-0.39, 0.29) is 11.9 Å². The molecule has 1 N–H and O–H groups in total. The van der Waals surface area contributed by atoms with Crippen LogP contribution >= 0.6 is 0 Å². The lowest BCUT2D eigenvalue weighted by atomic mass is 10.0. The van der Waals surface area contributed by atoms with Crippen LogP contribution in [0.5, 0.6) is 0 Å². The van der Waals surface area contributed by atoms with Crippen molar-refractivity contribution in [3.8, 4) is 0 Å². The van der Waals surface area contributed by atoms with Crippen molar-refractivity contribution in [1.82, 2.24) is 4.90 Å². The molecule has 1 aliphatic carbocycles. The maximum absolute atomic E-state index is 12.5. The van der Waals surface area contributed by atoms with Gasteiger partial charge >= 0.3 is 0 Å². The molecule has 2 unspecified atom stereocenters. The number of benzene rings is 1. The van der Waals surface area contributed by atoms with E-state index in [0.717, 1.165) is 43.4 Å². The van der Waals surface area contributed by atoms with Gasteiger partial charge in [0.05, 0.1) is 12.1 Å². The highest BCUT2D eigenvalue weighted by Crippen LogP contribution is 2.36. The number of hydrogen-bond acceptors (Lipinski definition) is 2. The largest absolute Gasteiger partial charge is 0.391 e. The Bertz CT molecular complexity index is 488. The average Bonchev–Trinajstić information content (AvgIpc) is 2.57. The molecular weight excluding hydrogens is 238 g/mol. The second-order valence-corrected chi connectivity index (χ2v) is 5.44. The molecule has 3 rings (SSSR count). The van der Waals surface area contributed by atoms with E-state index in [1.54, 1.807) is 4.90 Å². The molecule has 0 spiro atoms. The van der Waals surface area contributed by atoms with E-state index in [2.05, 4.69) is 6.58 Å². The summed E-state index contributed by atoms with van der Waals surface area (Å²) in [5, 5.41) is 10.3. The molecular formula is C16H19NO2. The van der Waals surface area contributed by atoms with Gasteiger partial charge in [0.1, 0.15) is 0 Å². The van der Waals surface area contributed by atoms with Crippen molar-refractivity contribution >= 4 is 11.6 Å². The Morgan fingerprint density at radius 2 is 1.79 bits per heavy atom. The SMILES string of the molecule is C=C1c2ccccc2C(=O)N1C1CCCCCC1O. The number of fused-ring (bicyclic) bond motifs is 1. The minimum absolute atomic E-state index is 0.00782. The van der Waals surface area contributed by atoms with Gasteiger partial charge in [0, 0.05) is 16.8 Å². The van der Waals surface area contributed by atoms with Crippen molar-refractivity contribution in [3.05, 3.63) is 42.0 Å². The summed E-state index contributed by atoms with van der Waals surface area (Å²) in [6, 6.07) is 7.45. The molecule has 19 heavy (non-hydrogen) atoms. The number of carbonyl (C=O) groups excluding carboxylic acids is 1. The van der Waals surface area contributed by atoms with Crippen LogP contribution in [0.25, 0.3) is 5.70 Å². The van der Waals surface area contributed by atoms with Crippen LogP contribution in [0.1, 0.15) is 48.0 Å². The van der Waals surface area contributed by atoms with Gasteiger partial charge in [-0.2, -0.15) is 0 Å². The van der Waals surface area contributed by atoms with Crippen LogP contribution in [0.2, 0.25) is 0 Å². The van der Waals surface area contributed by atoms with E-state index >= 15 is 0 Å². The van der Waals surface area contributed by atoms with Gasteiger partial charge in [-0.25, -0.2) is 0 Å². The summed E-state index contributed by atoms with van der Waals surface area (Å²) in [5.41, 5.74) is 2.36. The quantitative estimate of drug-likeness (QED) is 0.786. The topological polar surface area (TPSA) is 40.5 Å². The maximum atomic E-state index is 12.5. The maximum Gasteiger partial charge on any atom is 0.259 e. The van der Waals surface area contributed by atoms with Gasteiger partial charge in [0.15, 0.2) is 0 Å². The van der Waals surface area contributed by atoms with Gasteiger partial charge in [-0.05, 0) is 18.9 Å². The molecule has 1 aliphatic heterocycles. The number of rotatable bonds is 1. The molecule has 3 heteroatoms. The van der Waals surface area contributed by atoms with Gasteiger partial charge in [-0.1, -0.05) is 44.0 Å². The molecule has 100 valence electrons. The van der Waals surface area contributed by atoms with Gasteiger partial charge in [-0.3, -0.25) is 4.79 Å². The summed E-state index contributed by atoms with van der Waals surface area (Å²) >= 11 is 0. The molecule has 0 saturated heterocycles. The van der Waals surface area contributed by atoms with Crippen molar-refractivity contribution in [2.75, 3.05) is 0 Å². The number of amides is 1. The Balaban J connectivity index is 1.94. The number of aliphatic hydroxyl groups is 1. The van der Waals surface area contributed by atoms with Crippen molar-refractivity contribution in [2.24, 2.45) is 0 Å². The van der Waals surface area contributed by atoms with E-state index in [1.165, 1.54) is 0 Å². The van der Waals surface area contributed by atoms with E-state index in [4.69, 9.17) is 0 Å². The van der Waals surface area contributed by atoms with Crippen LogP contribution in [-0.2, 0) is 0 Å². The van der Waals surface area contributed by atoms with Gasteiger partial charge in [0.2, 0.25) is 0 Å². The molecule has 1 fully saturated rings. The number of nitrogens with zero attached hydrogens (tertiary/aromatic N) is 1. The molecule has 1 saturated carbocycles. The number of carbonyl (C=O) groups is 1. The Morgan fingerprint density at radius 1 is 1.11 bits per heavy atom. The van der Waals surface area contributed by atoms with Crippen LogP contribution in [0.3, 0.4) is 0 Å². The normalized spacial score (nSPS) is 27.3. The smallest absolute Gasteiger partial charge is 0.259 e. The third-order valence-electron chi connectivity index (χ3n) is 4.25. The standard InChI is InChI=1S/C16H19NO2/c1-11-12-7-5-6-8-13(12)16(19)17(11)14-9-3-2-4-10-15(14)18/h5-8,14-15,18H,1-4,9-10H2. The molecule has 0 radical (unpaired) electrons. The van der Waals surface area contributed by atoms with Crippen LogP contribution in [-0.4, -0.2) is 28.1 Å². The predicted octanol–water partition coefficient (Wildman–Crippen LogP) is 2.81. The van der Waals surface area contributed by atoms with Gasteiger partial charge in [0.25, 0.3) is 5.91 Å². The highest BCUT2D eigenvalue weighted by atomic mass is 16.3. The summed E-state index contributed by atoms with van der Waals surface area (Å²) in [7, 11) is 0. The highest BCUT2D eigenvalue weighted by molar-refractivity contribution is 6.09. The zero-order valence-electron chi connectivity index (χ0n) is 11.0. The molecule has 1 aromatic carbocycles. The van der Waals surface area contributed by atoms with E-state index in [0.29, 0.717) is 5.56 Å². The fraction of sp³-hybridized carbons (Fsp3) is 0.438. The van der Waals surface area contributed by atoms with Crippen LogP contribution < -0.4 is 0 Å². The van der Waals surface area contributed by atoms with Crippen molar-refractivity contribution in [3.63, 3.8) is 0 Å². The zero-order valence-corrected chi connectivity index (χ0v) is 11.0. The van der Waals surface area contributed by atoms with Crippen LogP contribution in [0.15, 0.2) is 30.8 Å². The third kappa shape index (κ3) is 1.98. The molecule has 0 bridgehead atoms. The minimum Gasteiger partial charge on any atom is -0.391 e. The molecule has 2 atom stereocenters. The van der Waals surface area contributed by atoms with Crippen LogP contribution in [0, 0.1) is 0 Å².